The maximum Gasteiger partial charge on any atom is 0.335 e. The van der Waals surface area contributed by atoms with Crippen LogP contribution in [0.15, 0.2) is 23.8 Å². The molecule has 1 spiro atoms. The molecule has 19 atom stereocenters. The molecule has 1 aliphatic heterocycles. The molecule has 2 bridgehead atoms. The van der Waals surface area contributed by atoms with E-state index in [1.54, 1.807) is 7.11 Å². The van der Waals surface area contributed by atoms with Crippen molar-refractivity contribution in [3.8, 4) is 0 Å². The molecule has 19 unspecified atom stereocenters. The number of fused-ring (bicyclic) bond motifs is 3. The van der Waals surface area contributed by atoms with Crippen molar-refractivity contribution in [1.82, 2.24) is 5.32 Å². The molecular formula is C47H71NO12. The van der Waals surface area contributed by atoms with E-state index in [9.17, 15) is 45.0 Å². The number of carbonyl (C=O) groups excluding carboxylic acids is 1. The van der Waals surface area contributed by atoms with E-state index in [-0.39, 0.29) is 64.4 Å². The summed E-state index contributed by atoms with van der Waals surface area (Å²) in [5.74, 6) is -2.19. The average molecular weight is 842 g/mol. The van der Waals surface area contributed by atoms with Gasteiger partial charge in [-0.2, -0.15) is 0 Å². The molecule has 1 heterocycles. The van der Waals surface area contributed by atoms with Crippen molar-refractivity contribution in [1.29, 1.82) is 0 Å². The molecule has 336 valence electrons. The SMILES string of the molecule is CNC(CO)C1CC2C=C3C45C=CCC(C)(CC(COC)C4(C(=O)O)CCC3(CCC=O)C3(C)CCC4C(C)(C)C(OC6OC(C(=O)O)C(O)C(O)C6O)CC1C4(C)C23)C5. The lowest BCUT2D eigenvalue weighted by Crippen LogP contribution is -2.74. The van der Waals surface area contributed by atoms with Gasteiger partial charge < -0.3 is 55.0 Å². The van der Waals surface area contributed by atoms with E-state index in [0.29, 0.717) is 38.7 Å². The van der Waals surface area contributed by atoms with Gasteiger partial charge in [-0.15, -0.1) is 0 Å². The van der Waals surface area contributed by atoms with Gasteiger partial charge in [0.05, 0.1) is 24.7 Å². The number of likely N-dealkylation sites (N-methyl/N-ethyl adjacent to an activating group) is 1. The highest BCUT2D eigenvalue weighted by atomic mass is 16.7. The number of aliphatic hydroxyl groups excluding tert-OH is 4. The number of aldehydes is 1. The number of hydrogen-bond acceptors (Lipinski definition) is 11. The third-order valence-corrected chi connectivity index (χ3v) is 19.5. The first-order valence-corrected chi connectivity index (χ1v) is 22.7. The number of rotatable bonds is 12. The minimum atomic E-state index is -1.83. The molecule has 13 nitrogen and oxygen atoms in total. The predicted molar refractivity (Wildman–Crippen MR) is 219 cm³/mol. The Morgan fingerprint density at radius 3 is 2.40 bits per heavy atom. The van der Waals surface area contributed by atoms with Crippen molar-refractivity contribution < 1.29 is 59.2 Å². The maximum atomic E-state index is 14.2. The summed E-state index contributed by atoms with van der Waals surface area (Å²) in [6.45, 7) is 11.9. The van der Waals surface area contributed by atoms with Gasteiger partial charge in [0, 0.05) is 30.9 Å². The van der Waals surface area contributed by atoms with Gasteiger partial charge in [-0.1, -0.05) is 58.4 Å². The summed E-state index contributed by atoms with van der Waals surface area (Å²) in [6.07, 6.45) is 6.53. The Morgan fingerprint density at radius 2 is 1.77 bits per heavy atom. The van der Waals surface area contributed by atoms with E-state index >= 15 is 0 Å². The van der Waals surface area contributed by atoms with Crippen LogP contribution >= 0.6 is 0 Å². The Bertz CT molecular complexity index is 1780. The van der Waals surface area contributed by atoms with Crippen molar-refractivity contribution in [2.45, 2.75) is 148 Å². The number of nitrogens with one attached hydrogen (secondary N) is 1. The van der Waals surface area contributed by atoms with Gasteiger partial charge >= 0.3 is 11.9 Å². The number of carboxylic acid groups (broad SMARTS) is 2. The Hall–Kier alpha value is -2.23. The summed E-state index contributed by atoms with van der Waals surface area (Å²) >= 11 is 0. The summed E-state index contributed by atoms with van der Waals surface area (Å²) in [7, 11) is 3.55. The lowest BCUT2D eigenvalue weighted by molar-refractivity contribution is -0.336. The third-order valence-electron chi connectivity index (χ3n) is 19.5. The summed E-state index contributed by atoms with van der Waals surface area (Å²) < 4.78 is 18.3. The molecule has 6 fully saturated rings. The highest BCUT2D eigenvalue weighted by molar-refractivity contribution is 5.79. The lowest BCUT2D eigenvalue weighted by atomic mass is 9.25. The Morgan fingerprint density at radius 1 is 1.03 bits per heavy atom. The van der Waals surface area contributed by atoms with Crippen molar-refractivity contribution in [2.24, 2.45) is 73.4 Å². The zero-order valence-corrected chi connectivity index (χ0v) is 36.6. The zero-order valence-electron chi connectivity index (χ0n) is 36.6. The smallest absolute Gasteiger partial charge is 0.335 e. The van der Waals surface area contributed by atoms with E-state index in [1.165, 1.54) is 5.57 Å². The molecule has 1 saturated heterocycles. The first-order valence-electron chi connectivity index (χ1n) is 22.7. The van der Waals surface area contributed by atoms with Crippen LogP contribution in [0.25, 0.3) is 0 Å². The standard InChI is InChI=1S/C47H71NO12/c1-41(2)30-10-14-43(4)37-25(18-27(29(22-50)48-6)28(44(30,37)5)20-32(41)59-39-35(53)33(51)34(52)36(60-39)38(54)55)19-31-45(43,13-9-17-49)15-16-47(40(56)57)26(23-58-7)21-42(3)11-8-12-46(31,47)24-42/h8,12,17,19,25-30,32-37,39,48,50-53H,9-11,13-16,18,20-24H2,1-7H3,(H,54,55)(H,56,57). The van der Waals surface area contributed by atoms with Crippen molar-refractivity contribution in [3.05, 3.63) is 23.8 Å². The van der Waals surface area contributed by atoms with Crippen molar-refractivity contribution in [3.63, 3.8) is 0 Å². The van der Waals surface area contributed by atoms with Crippen molar-refractivity contribution in [2.75, 3.05) is 27.4 Å². The minimum absolute atomic E-state index is 0.00548. The number of aliphatic carboxylic acids is 2. The highest BCUT2D eigenvalue weighted by Crippen LogP contribution is 2.83. The normalized spacial score (nSPS) is 51.5. The molecule has 0 radical (unpaired) electrons. The van der Waals surface area contributed by atoms with Crippen LogP contribution in [0, 0.1) is 73.4 Å². The second-order valence-electron chi connectivity index (χ2n) is 22.1. The molecule has 0 aromatic carbocycles. The lowest BCUT2D eigenvalue weighted by Gasteiger charge is -2.78. The monoisotopic (exact) mass is 841 g/mol. The summed E-state index contributed by atoms with van der Waals surface area (Å²) in [6, 6.07) is -0.269. The zero-order chi connectivity index (χ0) is 43.6. The largest absolute Gasteiger partial charge is 0.481 e. The molecular weight excluding hydrogens is 771 g/mol. The topological polar surface area (TPSA) is 212 Å². The van der Waals surface area contributed by atoms with E-state index < -0.39 is 70.4 Å². The van der Waals surface area contributed by atoms with E-state index in [4.69, 9.17) is 14.2 Å². The van der Waals surface area contributed by atoms with Crippen molar-refractivity contribution >= 4 is 18.2 Å². The third kappa shape index (κ3) is 5.67. The summed E-state index contributed by atoms with van der Waals surface area (Å²) in [5, 5.41) is 68.3. The maximum absolute atomic E-state index is 14.2. The van der Waals surface area contributed by atoms with E-state index in [1.807, 2.05) is 7.05 Å². The molecule has 0 aromatic rings. The van der Waals surface area contributed by atoms with Gasteiger partial charge in [-0.05, 0) is 128 Å². The highest BCUT2D eigenvalue weighted by Gasteiger charge is 2.79. The average Bonchev–Trinajstić information content (AvgIpc) is 3.17. The van der Waals surface area contributed by atoms with Gasteiger partial charge in [0.1, 0.15) is 24.6 Å². The molecule has 7 aliphatic carbocycles. The number of ether oxygens (including phenoxy) is 3. The number of allylic oxidation sites excluding steroid dienone is 4. The first kappa shape index (κ1) is 44.4. The quantitative estimate of drug-likeness (QED) is 0.0829. The number of methoxy groups -OCH3 is 1. The van der Waals surface area contributed by atoms with Gasteiger partial charge in [0.25, 0.3) is 0 Å². The van der Waals surface area contributed by atoms with Crippen LogP contribution in [-0.2, 0) is 28.6 Å². The fourth-order valence-corrected chi connectivity index (χ4v) is 17.4. The molecule has 7 N–H and O–H groups in total. The van der Waals surface area contributed by atoms with E-state index in [0.717, 1.165) is 44.8 Å². The first-order chi connectivity index (χ1) is 28.2. The van der Waals surface area contributed by atoms with Gasteiger partial charge in [0.2, 0.25) is 0 Å². The fourth-order valence-electron chi connectivity index (χ4n) is 17.4. The Kier molecular flexibility index (Phi) is 11.0. The Labute approximate surface area is 354 Å². The molecule has 8 aliphatic rings. The van der Waals surface area contributed by atoms with Crippen LogP contribution in [0.3, 0.4) is 0 Å². The summed E-state index contributed by atoms with van der Waals surface area (Å²) in [4.78, 5) is 38.9. The van der Waals surface area contributed by atoms with Crippen LogP contribution in [-0.4, -0.2) is 119 Å². The number of hydrogen-bond donors (Lipinski definition) is 7. The molecule has 13 heteroatoms. The summed E-state index contributed by atoms with van der Waals surface area (Å²) in [5.41, 5.74) is -2.33. The van der Waals surface area contributed by atoms with Gasteiger partial charge in [-0.3, -0.25) is 4.79 Å². The predicted octanol–water partition coefficient (Wildman–Crippen LogP) is 4.34. The molecule has 0 aromatic heterocycles. The van der Waals surface area contributed by atoms with Crippen LogP contribution < -0.4 is 5.32 Å². The Balaban J connectivity index is 1.30. The number of aliphatic hydroxyl groups is 4. The number of carbonyl (C=O) groups is 3. The molecule has 8 rings (SSSR count). The minimum Gasteiger partial charge on any atom is -0.481 e. The number of carboxylic acids is 2. The van der Waals surface area contributed by atoms with Gasteiger partial charge in [-0.25, -0.2) is 4.79 Å². The second kappa shape index (κ2) is 14.9. The van der Waals surface area contributed by atoms with Crippen LogP contribution in [0.4, 0.5) is 0 Å². The molecule has 60 heavy (non-hydrogen) atoms. The fraction of sp³-hybridized carbons (Fsp3) is 0.851. The van der Waals surface area contributed by atoms with Gasteiger partial charge in [0.15, 0.2) is 12.4 Å². The second-order valence-corrected chi connectivity index (χ2v) is 22.1. The molecule has 0 amide bonds. The van der Waals surface area contributed by atoms with Crippen LogP contribution in [0.2, 0.25) is 0 Å². The van der Waals surface area contributed by atoms with E-state index in [2.05, 4.69) is 58.2 Å². The van der Waals surface area contributed by atoms with Crippen LogP contribution in [0.1, 0.15) is 105 Å². The molecule has 5 saturated carbocycles. The van der Waals surface area contributed by atoms with Crippen LogP contribution in [0.5, 0.6) is 0 Å².